The Morgan fingerprint density at radius 2 is 2.37 bits per heavy atom. The molecule has 2 N–H and O–H groups in total. The molecule has 0 radical (unpaired) electrons. The average molecular weight is 299 g/mol. The number of nitrogens with two attached hydrogens (primary N) is 1. The van der Waals surface area contributed by atoms with E-state index in [1.165, 1.54) is 6.33 Å². The van der Waals surface area contributed by atoms with Gasteiger partial charge < -0.3 is 15.0 Å². The van der Waals surface area contributed by atoms with E-state index in [1.54, 1.807) is 6.33 Å². The van der Waals surface area contributed by atoms with Crippen LogP contribution in [0.4, 0.5) is 5.82 Å². The van der Waals surface area contributed by atoms with Crippen molar-refractivity contribution < 1.29 is 9.26 Å². The number of aromatic nitrogens is 4. The minimum atomic E-state index is -0.0730. The molecule has 102 valence electrons. The summed E-state index contributed by atoms with van der Waals surface area (Å²) in [5, 5.41) is 0. The van der Waals surface area contributed by atoms with E-state index >= 15 is 0 Å². The van der Waals surface area contributed by atoms with E-state index in [1.807, 2.05) is 4.57 Å². The molecule has 3 atom stereocenters. The van der Waals surface area contributed by atoms with Gasteiger partial charge in [0, 0.05) is 0 Å². The highest BCUT2D eigenvalue weighted by Crippen LogP contribution is 2.32. The summed E-state index contributed by atoms with van der Waals surface area (Å²) >= 11 is 4.04. The Morgan fingerprint density at radius 3 is 3.21 bits per heavy atom. The monoisotopic (exact) mass is 299 g/mol. The van der Waals surface area contributed by atoms with E-state index < -0.39 is 0 Å². The second kappa shape index (κ2) is 5.58. The van der Waals surface area contributed by atoms with Crippen LogP contribution in [0.25, 0.3) is 11.2 Å². The quantitative estimate of drug-likeness (QED) is 0.657. The molecule has 2 unspecified atom stereocenters. The molecule has 1 aliphatic heterocycles. The highest BCUT2D eigenvalue weighted by molar-refractivity contribution is 8.36. The van der Waals surface area contributed by atoms with E-state index in [0.29, 0.717) is 23.6 Å². The molecule has 7 nitrogen and oxygen atoms in total. The molecule has 1 aliphatic rings. The topological polar surface area (TPSA) is 88.1 Å². The maximum atomic E-state index is 5.92. The number of anilines is 1. The third-order valence-electron chi connectivity index (χ3n) is 3.12. The Bertz CT molecular complexity index is 580. The van der Waals surface area contributed by atoms with Crippen molar-refractivity contribution in [1.82, 2.24) is 19.5 Å². The molecule has 3 rings (SSSR count). The van der Waals surface area contributed by atoms with Crippen LogP contribution in [0.2, 0.25) is 0 Å². The smallest absolute Gasteiger partial charge is 0.167 e. The number of ether oxygens (including phenoxy) is 1. The SMILES string of the molecule is Nc1ncnc2c1ncn2[C@H]1CCC(COPS)O1. The molecule has 3 heterocycles. The van der Waals surface area contributed by atoms with Crippen LogP contribution in [0.15, 0.2) is 12.7 Å². The first-order chi connectivity index (χ1) is 9.29. The van der Waals surface area contributed by atoms with Crippen molar-refractivity contribution in [3.8, 4) is 0 Å². The van der Waals surface area contributed by atoms with Crippen LogP contribution < -0.4 is 5.73 Å². The molecule has 9 heteroatoms. The first-order valence-corrected chi connectivity index (χ1v) is 8.08. The van der Waals surface area contributed by atoms with Gasteiger partial charge in [-0.3, -0.25) is 4.57 Å². The molecule has 2 aromatic heterocycles. The maximum absolute atomic E-state index is 5.92. The molecule has 0 aromatic carbocycles. The number of rotatable bonds is 4. The number of imidazole rings is 1. The molecule has 1 fully saturated rings. The van der Waals surface area contributed by atoms with Crippen LogP contribution in [-0.4, -0.2) is 32.2 Å². The third kappa shape index (κ3) is 2.53. The van der Waals surface area contributed by atoms with Gasteiger partial charge in [-0.15, -0.1) is 12.2 Å². The maximum Gasteiger partial charge on any atom is 0.167 e. The fourth-order valence-corrected chi connectivity index (χ4v) is 2.71. The fourth-order valence-electron chi connectivity index (χ4n) is 2.22. The van der Waals surface area contributed by atoms with Crippen LogP contribution in [0.5, 0.6) is 0 Å². The second-order valence-electron chi connectivity index (χ2n) is 4.28. The van der Waals surface area contributed by atoms with Crippen LogP contribution >= 0.6 is 20.3 Å². The minimum absolute atomic E-state index is 0.0730. The molecule has 0 spiro atoms. The first kappa shape index (κ1) is 13.1. The van der Waals surface area contributed by atoms with Crippen molar-refractivity contribution in [3.63, 3.8) is 0 Å². The van der Waals surface area contributed by atoms with E-state index in [9.17, 15) is 0 Å². The molecular weight excluding hydrogens is 285 g/mol. The first-order valence-electron chi connectivity index (χ1n) is 5.89. The summed E-state index contributed by atoms with van der Waals surface area (Å²) in [7, 11) is 0.190. The van der Waals surface area contributed by atoms with Gasteiger partial charge in [0.1, 0.15) is 18.1 Å². The Morgan fingerprint density at radius 1 is 1.47 bits per heavy atom. The van der Waals surface area contributed by atoms with E-state index in [-0.39, 0.29) is 20.3 Å². The third-order valence-corrected chi connectivity index (χ3v) is 3.80. The molecule has 0 bridgehead atoms. The zero-order chi connectivity index (χ0) is 13.2. The van der Waals surface area contributed by atoms with Crippen molar-refractivity contribution in [1.29, 1.82) is 0 Å². The standard InChI is InChI=1S/C10H14N5O2PS/c11-9-8-10(13-4-12-9)15(5-14-8)7-2-1-6(17-7)3-16-18-19/h4-7,18-19H,1-3H2,(H2,11,12,13)/t6?,7-/m1/s1. The van der Waals surface area contributed by atoms with Crippen molar-refractivity contribution in [2.75, 3.05) is 12.3 Å². The molecule has 19 heavy (non-hydrogen) atoms. The second-order valence-corrected chi connectivity index (χ2v) is 5.29. The van der Waals surface area contributed by atoms with Gasteiger partial charge in [0.25, 0.3) is 0 Å². The van der Waals surface area contributed by atoms with Gasteiger partial charge in [0.15, 0.2) is 11.5 Å². The van der Waals surface area contributed by atoms with Crippen molar-refractivity contribution in [3.05, 3.63) is 12.7 Å². The van der Waals surface area contributed by atoms with E-state index in [4.69, 9.17) is 15.0 Å². The van der Waals surface area contributed by atoms with Gasteiger partial charge in [0.05, 0.1) is 27.0 Å². The number of fused-ring (bicyclic) bond motifs is 1. The number of hydrogen-bond acceptors (Lipinski definition) is 7. The molecule has 2 aromatic rings. The van der Waals surface area contributed by atoms with Gasteiger partial charge in [0.2, 0.25) is 0 Å². The predicted molar refractivity (Wildman–Crippen MR) is 76.1 cm³/mol. The van der Waals surface area contributed by atoms with Gasteiger partial charge in [-0.25, -0.2) is 15.0 Å². The lowest BCUT2D eigenvalue weighted by Gasteiger charge is -2.14. The summed E-state index contributed by atoms with van der Waals surface area (Å²) < 4.78 is 13.1. The Hall–Kier alpha value is -0.950. The average Bonchev–Trinajstić information content (AvgIpc) is 3.02. The van der Waals surface area contributed by atoms with Crippen LogP contribution in [0, 0.1) is 0 Å². The Kier molecular flexibility index (Phi) is 3.83. The van der Waals surface area contributed by atoms with Crippen LogP contribution in [0.1, 0.15) is 19.1 Å². The lowest BCUT2D eigenvalue weighted by molar-refractivity contribution is -0.0132. The van der Waals surface area contributed by atoms with Crippen molar-refractivity contribution >= 4 is 37.2 Å². The summed E-state index contributed by atoms with van der Waals surface area (Å²) in [6.07, 6.45) is 5.01. The predicted octanol–water partition coefficient (Wildman–Crippen LogP) is 1.54. The number of hydrogen-bond donors (Lipinski definition) is 2. The number of nitrogens with zero attached hydrogens (tertiary/aromatic N) is 4. The highest BCUT2D eigenvalue weighted by atomic mass is 32.7. The normalized spacial score (nSPS) is 23.8. The minimum Gasteiger partial charge on any atom is -0.382 e. The summed E-state index contributed by atoms with van der Waals surface area (Å²) in [4.78, 5) is 12.4. The molecular formula is C10H14N5O2PS. The van der Waals surface area contributed by atoms with Gasteiger partial charge >= 0.3 is 0 Å². The van der Waals surface area contributed by atoms with E-state index in [2.05, 4.69) is 27.2 Å². The van der Waals surface area contributed by atoms with Crippen molar-refractivity contribution in [2.24, 2.45) is 0 Å². The number of thiol groups is 1. The molecule has 0 aliphatic carbocycles. The zero-order valence-electron chi connectivity index (χ0n) is 10.1. The summed E-state index contributed by atoms with van der Waals surface area (Å²) in [6.45, 7) is 0.572. The summed E-state index contributed by atoms with van der Waals surface area (Å²) in [5.41, 5.74) is 7.08. The molecule has 0 amide bonds. The molecule has 0 saturated carbocycles. The lowest BCUT2D eigenvalue weighted by Crippen LogP contribution is -2.14. The summed E-state index contributed by atoms with van der Waals surface area (Å²) in [6, 6.07) is 0. The van der Waals surface area contributed by atoms with E-state index in [0.717, 1.165) is 12.8 Å². The van der Waals surface area contributed by atoms with Crippen molar-refractivity contribution in [2.45, 2.75) is 25.2 Å². The number of nitrogen functional groups attached to an aromatic ring is 1. The molecule has 1 saturated heterocycles. The fraction of sp³-hybridized carbons (Fsp3) is 0.500. The highest BCUT2D eigenvalue weighted by Gasteiger charge is 2.28. The van der Waals surface area contributed by atoms with Gasteiger partial charge in [-0.1, -0.05) is 0 Å². The Labute approximate surface area is 116 Å². The van der Waals surface area contributed by atoms with Crippen LogP contribution in [0.3, 0.4) is 0 Å². The van der Waals surface area contributed by atoms with Crippen LogP contribution in [-0.2, 0) is 9.26 Å². The summed E-state index contributed by atoms with van der Waals surface area (Å²) in [5.74, 6) is 0.387. The van der Waals surface area contributed by atoms with Gasteiger partial charge in [-0.05, 0) is 12.8 Å². The largest absolute Gasteiger partial charge is 0.382 e. The Balaban J connectivity index is 1.80. The lowest BCUT2D eigenvalue weighted by atomic mass is 10.2. The zero-order valence-corrected chi connectivity index (χ0v) is 12.0. The van der Waals surface area contributed by atoms with Gasteiger partial charge in [-0.2, -0.15) is 0 Å².